The Labute approximate surface area is 153 Å². The lowest BCUT2D eigenvalue weighted by Crippen LogP contribution is -2.49. The van der Waals surface area contributed by atoms with E-state index in [-0.39, 0.29) is 24.3 Å². The van der Waals surface area contributed by atoms with Crippen LogP contribution < -0.4 is 0 Å². The number of likely N-dealkylation sites (tertiary alicyclic amines) is 1. The molecule has 3 amide bonds. The van der Waals surface area contributed by atoms with E-state index in [0.717, 1.165) is 19.4 Å². The topological polar surface area (TPSA) is 57.7 Å². The van der Waals surface area contributed by atoms with Crippen LogP contribution in [0.5, 0.6) is 0 Å². The van der Waals surface area contributed by atoms with Gasteiger partial charge in [-0.3, -0.25) is 19.3 Å². The van der Waals surface area contributed by atoms with E-state index < -0.39 is 0 Å². The maximum Gasteiger partial charge on any atom is 0.261 e. The predicted octanol–water partition coefficient (Wildman–Crippen LogP) is 3.26. The summed E-state index contributed by atoms with van der Waals surface area (Å²) in [4.78, 5) is 41.2. The van der Waals surface area contributed by atoms with Gasteiger partial charge in [0.25, 0.3) is 17.7 Å². The molecular weight excluding hydrogens is 328 g/mol. The normalized spacial score (nSPS) is 25.1. The third kappa shape index (κ3) is 2.66. The van der Waals surface area contributed by atoms with Crippen molar-refractivity contribution in [1.29, 1.82) is 0 Å². The lowest BCUT2D eigenvalue weighted by atomic mass is 9.78. The van der Waals surface area contributed by atoms with Gasteiger partial charge >= 0.3 is 0 Å². The van der Waals surface area contributed by atoms with E-state index >= 15 is 0 Å². The van der Waals surface area contributed by atoms with Crippen molar-refractivity contribution in [2.75, 3.05) is 13.1 Å². The summed E-state index contributed by atoms with van der Waals surface area (Å²) in [5.41, 5.74) is 1.22. The first-order valence-corrected chi connectivity index (χ1v) is 9.54. The number of rotatable bonds is 3. The van der Waals surface area contributed by atoms with Gasteiger partial charge in [-0.2, -0.15) is 0 Å². The van der Waals surface area contributed by atoms with Gasteiger partial charge in [0.1, 0.15) is 0 Å². The first kappa shape index (κ1) is 17.0. The summed E-state index contributed by atoms with van der Waals surface area (Å²) in [6.07, 6.45) is 8.51. The number of benzene rings is 1. The van der Waals surface area contributed by atoms with Crippen LogP contribution in [0.3, 0.4) is 0 Å². The summed E-state index contributed by atoms with van der Waals surface area (Å²) in [6, 6.07) is 5.24. The molecule has 2 unspecified atom stereocenters. The molecule has 5 heteroatoms. The summed E-state index contributed by atoms with van der Waals surface area (Å²) >= 11 is 0. The Morgan fingerprint density at radius 2 is 1.81 bits per heavy atom. The van der Waals surface area contributed by atoms with Gasteiger partial charge in [-0.05, 0) is 49.8 Å². The first-order chi connectivity index (χ1) is 12.6. The summed E-state index contributed by atoms with van der Waals surface area (Å²) in [5.74, 6) is -0.0445. The molecule has 4 rings (SSSR count). The number of carbonyl (C=O) groups excluding carboxylic acids is 3. The van der Waals surface area contributed by atoms with Crippen LogP contribution in [0.2, 0.25) is 0 Å². The van der Waals surface area contributed by atoms with E-state index in [9.17, 15) is 14.4 Å². The summed E-state index contributed by atoms with van der Waals surface area (Å²) in [5, 5.41) is 0. The van der Waals surface area contributed by atoms with Gasteiger partial charge in [0.15, 0.2) is 0 Å². The molecule has 0 N–H and O–H groups in total. The number of hydrogen-bond acceptors (Lipinski definition) is 3. The molecule has 1 saturated heterocycles. The van der Waals surface area contributed by atoms with E-state index in [1.165, 1.54) is 36.7 Å². The Morgan fingerprint density at radius 3 is 2.62 bits per heavy atom. The Bertz CT molecular complexity index is 783. The molecule has 1 aromatic rings. The SMILES string of the molecule is C=CCN1C(=O)c2ccc(C(=O)N3CCCC4CCCCC43)cc2C1=O. The van der Waals surface area contributed by atoms with Gasteiger partial charge in [-0.15, -0.1) is 6.58 Å². The molecule has 5 nitrogen and oxygen atoms in total. The van der Waals surface area contributed by atoms with Gasteiger partial charge in [0, 0.05) is 24.7 Å². The van der Waals surface area contributed by atoms with Gasteiger partial charge in [0.05, 0.1) is 11.1 Å². The lowest BCUT2D eigenvalue weighted by molar-refractivity contribution is 0.0390. The van der Waals surface area contributed by atoms with Crippen LogP contribution >= 0.6 is 0 Å². The fourth-order valence-corrected chi connectivity index (χ4v) is 4.76. The monoisotopic (exact) mass is 352 g/mol. The summed E-state index contributed by atoms with van der Waals surface area (Å²) < 4.78 is 0. The second-order valence-electron chi connectivity index (χ2n) is 7.52. The number of piperidine rings is 1. The molecule has 1 saturated carbocycles. The number of carbonyl (C=O) groups is 3. The molecule has 2 aliphatic heterocycles. The van der Waals surface area contributed by atoms with Crippen molar-refractivity contribution in [3.05, 3.63) is 47.5 Å². The number of fused-ring (bicyclic) bond motifs is 2. The zero-order valence-electron chi connectivity index (χ0n) is 14.9. The predicted molar refractivity (Wildman–Crippen MR) is 98.0 cm³/mol. The maximum absolute atomic E-state index is 13.1. The third-order valence-corrected chi connectivity index (χ3v) is 6.03. The highest BCUT2D eigenvalue weighted by molar-refractivity contribution is 6.22. The molecular formula is C21H24N2O3. The van der Waals surface area contributed by atoms with Crippen LogP contribution in [0.25, 0.3) is 0 Å². The highest BCUT2D eigenvalue weighted by Gasteiger charge is 2.38. The molecule has 2 fully saturated rings. The number of nitrogens with zero attached hydrogens (tertiary/aromatic N) is 2. The fourth-order valence-electron chi connectivity index (χ4n) is 4.76. The standard InChI is InChI=1S/C21H24N2O3/c1-2-11-23-20(25)16-10-9-15(13-17(16)21(23)26)19(24)22-12-5-7-14-6-3-4-8-18(14)22/h2,9-10,13-14,18H,1,3-8,11-12H2. The van der Waals surface area contributed by atoms with Crippen molar-refractivity contribution < 1.29 is 14.4 Å². The minimum atomic E-state index is -0.339. The molecule has 2 heterocycles. The van der Waals surface area contributed by atoms with Crippen molar-refractivity contribution in [3.8, 4) is 0 Å². The molecule has 0 spiro atoms. The molecule has 0 bridgehead atoms. The summed E-state index contributed by atoms with van der Waals surface area (Å²) in [6.45, 7) is 4.56. The molecule has 26 heavy (non-hydrogen) atoms. The highest BCUT2D eigenvalue weighted by Crippen LogP contribution is 2.36. The van der Waals surface area contributed by atoms with E-state index in [2.05, 4.69) is 6.58 Å². The van der Waals surface area contributed by atoms with E-state index in [1.54, 1.807) is 18.2 Å². The Hall–Kier alpha value is -2.43. The largest absolute Gasteiger partial charge is 0.335 e. The van der Waals surface area contributed by atoms with Crippen molar-refractivity contribution in [1.82, 2.24) is 9.80 Å². The summed E-state index contributed by atoms with van der Waals surface area (Å²) in [7, 11) is 0. The lowest BCUT2D eigenvalue weighted by Gasteiger charge is -2.44. The van der Waals surface area contributed by atoms with E-state index in [4.69, 9.17) is 0 Å². The van der Waals surface area contributed by atoms with Gasteiger partial charge in [-0.1, -0.05) is 18.9 Å². The average Bonchev–Trinajstić information content (AvgIpc) is 2.92. The van der Waals surface area contributed by atoms with Crippen LogP contribution in [0.4, 0.5) is 0 Å². The van der Waals surface area contributed by atoms with Gasteiger partial charge in [-0.25, -0.2) is 0 Å². The molecule has 1 aliphatic carbocycles. The molecule has 3 aliphatic rings. The Morgan fingerprint density at radius 1 is 1.08 bits per heavy atom. The molecule has 136 valence electrons. The molecule has 0 radical (unpaired) electrons. The number of amides is 3. The molecule has 1 aromatic carbocycles. The molecule has 2 atom stereocenters. The Kier molecular flexibility index (Phi) is 4.39. The van der Waals surface area contributed by atoms with Crippen LogP contribution in [-0.2, 0) is 0 Å². The fraction of sp³-hybridized carbons (Fsp3) is 0.476. The van der Waals surface area contributed by atoms with Crippen LogP contribution in [0.1, 0.15) is 69.6 Å². The van der Waals surface area contributed by atoms with Crippen LogP contribution in [0, 0.1) is 5.92 Å². The van der Waals surface area contributed by atoms with Crippen molar-refractivity contribution in [2.45, 2.75) is 44.6 Å². The highest BCUT2D eigenvalue weighted by atomic mass is 16.2. The van der Waals surface area contributed by atoms with E-state index in [1.807, 2.05) is 4.90 Å². The maximum atomic E-state index is 13.1. The minimum Gasteiger partial charge on any atom is -0.335 e. The zero-order valence-corrected chi connectivity index (χ0v) is 14.9. The second-order valence-corrected chi connectivity index (χ2v) is 7.52. The van der Waals surface area contributed by atoms with Crippen LogP contribution in [-0.4, -0.2) is 46.7 Å². The second kappa shape index (κ2) is 6.71. The smallest absolute Gasteiger partial charge is 0.261 e. The number of imide groups is 1. The van der Waals surface area contributed by atoms with Crippen LogP contribution in [0.15, 0.2) is 30.9 Å². The average molecular weight is 352 g/mol. The Balaban J connectivity index is 1.61. The van der Waals surface area contributed by atoms with Crippen molar-refractivity contribution in [2.24, 2.45) is 5.92 Å². The third-order valence-electron chi connectivity index (χ3n) is 6.03. The number of hydrogen-bond donors (Lipinski definition) is 0. The van der Waals surface area contributed by atoms with Gasteiger partial charge < -0.3 is 4.90 Å². The minimum absolute atomic E-state index is 0.00757. The zero-order chi connectivity index (χ0) is 18.3. The first-order valence-electron chi connectivity index (χ1n) is 9.54. The molecule has 0 aromatic heterocycles. The van der Waals surface area contributed by atoms with E-state index in [0.29, 0.717) is 28.7 Å². The van der Waals surface area contributed by atoms with Gasteiger partial charge in [0.2, 0.25) is 0 Å². The van der Waals surface area contributed by atoms with Crippen molar-refractivity contribution >= 4 is 17.7 Å². The quantitative estimate of drug-likeness (QED) is 0.620. The van der Waals surface area contributed by atoms with Crippen molar-refractivity contribution in [3.63, 3.8) is 0 Å².